The van der Waals surface area contributed by atoms with Crippen LogP contribution in [0.15, 0.2) is 53.6 Å². The van der Waals surface area contributed by atoms with E-state index in [1.807, 2.05) is 0 Å². The van der Waals surface area contributed by atoms with Crippen molar-refractivity contribution >= 4 is 15.8 Å². The van der Waals surface area contributed by atoms with Gasteiger partial charge in [0, 0.05) is 11.8 Å². The molecular formula is C13H10N2O2S. The highest BCUT2D eigenvalue weighted by molar-refractivity contribution is 7.92. The lowest BCUT2D eigenvalue weighted by Crippen LogP contribution is -2.13. The first kappa shape index (κ1) is 12.1. The Kier molecular flexibility index (Phi) is 3.31. The maximum absolute atomic E-state index is 12.0. The summed E-state index contributed by atoms with van der Waals surface area (Å²) < 4.78 is 26.4. The van der Waals surface area contributed by atoms with Gasteiger partial charge in [-0.3, -0.25) is 4.72 Å². The van der Waals surface area contributed by atoms with Crippen LogP contribution >= 0.6 is 0 Å². The van der Waals surface area contributed by atoms with Crippen molar-refractivity contribution in [2.24, 2.45) is 0 Å². The molecule has 1 aromatic heterocycles. The van der Waals surface area contributed by atoms with Gasteiger partial charge in [-0.25, -0.2) is 13.4 Å². The molecule has 0 aliphatic rings. The molecule has 0 saturated heterocycles. The quantitative estimate of drug-likeness (QED) is 0.855. The van der Waals surface area contributed by atoms with E-state index in [-0.39, 0.29) is 10.7 Å². The molecule has 2 rings (SSSR count). The number of nitrogens with one attached hydrogen (secondary N) is 1. The van der Waals surface area contributed by atoms with E-state index in [4.69, 9.17) is 6.42 Å². The van der Waals surface area contributed by atoms with Gasteiger partial charge in [0.05, 0.1) is 4.90 Å². The van der Waals surface area contributed by atoms with Gasteiger partial charge in [0.25, 0.3) is 10.0 Å². The molecule has 1 aromatic carbocycles. The van der Waals surface area contributed by atoms with E-state index in [0.29, 0.717) is 5.56 Å². The van der Waals surface area contributed by atoms with Gasteiger partial charge in [-0.1, -0.05) is 12.0 Å². The average Bonchev–Trinajstić information content (AvgIpc) is 2.39. The van der Waals surface area contributed by atoms with Crippen LogP contribution in [0.1, 0.15) is 5.56 Å². The lowest BCUT2D eigenvalue weighted by Gasteiger charge is -2.06. The normalized spacial score (nSPS) is 10.6. The minimum Gasteiger partial charge on any atom is -0.263 e. The van der Waals surface area contributed by atoms with Gasteiger partial charge in [0.1, 0.15) is 5.82 Å². The topological polar surface area (TPSA) is 59.1 Å². The zero-order valence-electron chi connectivity index (χ0n) is 9.37. The Labute approximate surface area is 106 Å². The van der Waals surface area contributed by atoms with Gasteiger partial charge in [0.2, 0.25) is 0 Å². The molecule has 0 unspecified atom stereocenters. The standard InChI is InChI=1S/C13H10N2O2S/c1-2-11-6-8-12(9-7-11)18(16,17)15-13-5-3-4-10-14-13/h1,3-10H,(H,14,15). The van der Waals surface area contributed by atoms with E-state index in [1.165, 1.54) is 18.3 Å². The summed E-state index contributed by atoms with van der Waals surface area (Å²) in [5, 5.41) is 0. The summed E-state index contributed by atoms with van der Waals surface area (Å²) in [7, 11) is -3.62. The van der Waals surface area contributed by atoms with Crippen molar-refractivity contribution in [1.82, 2.24) is 4.98 Å². The molecule has 1 N–H and O–H groups in total. The Hall–Kier alpha value is -2.32. The van der Waals surface area contributed by atoms with Crippen molar-refractivity contribution in [3.8, 4) is 12.3 Å². The summed E-state index contributed by atoms with van der Waals surface area (Å²) in [6.45, 7) is 0. The SMILES string of the molecule is C#Cc1ccc(S(=O)(=O)Nc2ccccn2)cc1. The first-order valence-corrected chi connectivity index (χ1v) is 6.61. The average molecular weight is 258 g/mol. The minimum absolute atomic E-state index is 0.146. The molecule has 5 heteroatoms. The number of benzene rings is 1. The first-order chi connectivity index (χ1) is 8.62. The third-order valence-corrected chi connectivity index (χ3v) is 3.61. The van der Waals surface area contributed by atoms with Crippen LogP contribution in [0.4, 0.5) is 5.82 Å². The van der Waals surface area contributed by atoms with Gasteiger partial charge < -0.3 is 0 Å². The largest absolute Gasteiger partial charge is 0.263 e. The van der Waals surface area contributed by atoms with Crippen LogP contribution in [0.25, 0.3) is 0 Å². The maximum Gasteiger partial charge on any atom is 0.263 e. The second-order valence-electron chi connectivity index (χ2n) is 3.49. The molecule has 2 aromatic rings. The molecule has 18 heavy (non-hydrogen) atoms. The highest BCUT2D eigenvalue weighted by atomic mass is 32.2. The van der Waals surface area contributed by atoms with Gasteiger partial charge in [-0.05, 0) is 36.4 Å². The fourth-order valence-corrected chi connectivity index (χ4v) is 2.36. The summed E-state index contributed by atoms with van der Waals surface area (Å²) in [4.78, 5) is 4.05. The monoisotopic (exact) mass is 258 g/mol. The Bertz CT molecular complexity index is 671. The van der Waals surface area contributed by atoms with Gasteiger partial charge in [-0.2, -0.15) is 0 Å². The van der Waals surface area contributed by atoms with E-state index in [2.05, 4.69) is 15.6 Å². The molecule has 0 spiro atoms. The summed E-state index contributed by atoms with van der Waals surface area (Å²) in [6, 6.07) is 11.1. The van der Waals surface area contributed by atoms with E-state index in [0.717, 1.165) is 0 Å². The Balaban J connectivity index is 2.29. The second kappa shape index (κ2) is 4.90. The third-order valence-electron chi connectivity index (χ3n) is 2.24. The van der Waals surface area contributed by atoms with Crippen molar-refractivity contribution in [2.45, 2.75) is 4.90 Å². The molecule has 0 saturated carbocycles. The molecule has 0 amide bonds. The number of terminal acetylenes is 1. The smallest absolute Gasteiger partial charge is 0.263 e. The lowest BCUT2D eigenvalue weighted by atomic mass is 10.2. The van der Waals surface area contributed by atoms with E-state index in [9.17, 15) is 8.42 Å². The maximum atomic E-state index is 12.0. The molecule has 90 valence electrons. The van der Waals surface area contributed by atoms with Crippen LogP contribution in [0.5, 0.6) is 0 Å². The molecule has 0 atom stereocenters. The highest BCUT2D eigenvalue weighted by Crippen LogP contribution is 2.14. The molecule has 1 heterocycles. The van der Waals surface area contributed by atoms with Crippen molar-refractivity contribution in [3.63, 3.8) is 0 Å². The number of hydrogen-bond donors (Lipinski definition) is 1. The number of pyridine rings is 1. The summed E-state index contributed by atoms with van der Waals surface area (Å²) in [5.74, 6) is 2.70. The van der Waals surface area contributed by atoms with E-state index >= 15 is 0 Å². The van der Waals surface area contributed by atoms with Crippen LogP contribution in [-0.2, 0) is 10.0 Å². The molecule has 4 nitrogen and oxygen atoms in total. The molecule has 0 aliphatic carbocycles. The van der Waals surface area contributed by atoms with Crippen LogP contribution in [-0.4, -0.2) is 13.4 Å². The molecule has 0 fully saturated rings. The Morgan fingerprint density at radius 2 is 1.83 bits per heavy atom. The van der Waals surface area contributed by atoms with Gasteiger partial charge in [-0.15, -0.1) is 6.42 Å². The lowest BCUT2D eigenvalue weighted by molar-refractivity contribution is 0.601. The predicted molar refractivity (Wildman–Crippen MR) is 69.4 cm³/mol. The van der Waals surface area contributed by atoms with E-state index in [1.54, 1.807) is 30.3 Å². The molecule has 0 radical (unpaired) electrons. The number of hydrogen-bond acceptors (Lipinski definition) is 3. The Morgan fingerprint density at radius 3 is 2.39 bits per heavy atom. The molecular weight excluding hydrogens is 248 g/mol. The number of nitrogens with zero attached hydrogens (tertiary/aromatic N) is 1. The fourth-order valence-electron chi connectivity index (χ4n) is 1.35. The fraction of sp³-hybridized carbons (Fsp3) is 0. The molecule has 0 bridgehead atoms. The number of aromatic nitrogens is 1. The van der Waals surface area contributed by atoms with Crippen molar-refractivity contribution < 1.29 is 8.42 Å². The van der Waals surface area contributed by atoms with Crippen LogP contribution in [0.3, 0.4) is 0 Å². The van der Waals surface area contributed by atoms with Crippen LogP contribution in [0, 0.1) is 12.3 Å². The zero-order chi connectivity index (χ0) is 13.0. The zero-order valence-corrected chi connectivity index (χ0v) is 10.2. The van der Waals surface area contributed by atoms with Crippen LogP contribution in [0.2, 0.25) is 0 Å². The predicted octanol–water partition coefficient (Wildman–Crippen LogP) is 1.86. The van der Waals surface area contributed by atoms with Gasteiger partial charge >= 0.3 is 0 Å². The minimum atomic E-state index is -3.62. The number of sulfonamides is 1. The summed E-state index contributed by atoms with van der Waals surface area (Å²) in [6.07, 6.45) is 6.72. The van der Waals surface area contributed by atoms with Gasteiger partial charge in [0.15, 0.2) is 0 Å². The summed E-state index contributed by atoms with van der Waals surface area (Å²) in [5.41, 5.74) is 0.631. The second-order valence-corrected chi connectivity index (χ2v) is 5.17. The van der Waals surface area contributed by atoms with Crippen molar-refractivity contribution in [2.75, 3.05) is 4.72 Å². The highest BCUT2D eigenvalue weighted by Gasteiger charge is 2.13. The first-order valence-electron chi connectivity index (χ1n) is 5.12. The summed E-state index contributed by atoms with van der Waals surface area (Å²) >= 11 is 0. The number of anilines is 1. The Morgan fingerprint density at radius 1 is 1.11 bits per heavy atom. The number of rotatable bonds is 3. The van der Waals surface area contributed by atoms with Crippen molar-refractivity contribution in [1.29, 1.82) is 0 Å². The van der Waals surface area contributed by atoms with Crippen LogP contribution < -0.4 is 4.72 Å². The third kappa shape index (κ3) is 2.67. The van der Waals surface area contributed by atoms with Crippen molar-refractivity contribution in [3.05, 3.63) is 54.2 Å². The molecule has 0 aliphatic heterocycles. The van der Waals surface area contributed by atoms with E-state index < -0.39 is 10.0 Å².